The lowest BCUT2D eigenvalue weighted by Crippen LogP contribution is -2.63. The Balaban J connectivity index is 1.78. The Morgan fingerprint density at radius 3 is 3.18 bits per heavy atom. The Morgan fingerprint density at radius 2 is 2.41 bits per heavy atom. The van der Waals surface area contributed by atoms with E-state index < -0.39 is 0 Å². The van der Waals surface area contributed by atoms with E-state index in [-0.39, 0.29) is 18.0 Å². The Labute approximate surface area is 100.0 Å². The van der Waals surface area contributed by atoms with Crippen molar-refractivity contribution in [3.8, 4) is 0 Å². The van der Waals surface area contributed by atoms with Crippen LogP contribution in [0.3, 0.4) is 0 Å². The van der Waals surface area contributed by atoms with E-state index in [2.05, 4.69) is 20.6 Å². The van der Waals surface area contributed by atoms with Crippen molar-refractivity contribution in [1.29, 1.82) is 0 Å². The molecule has 1 amide bonds. The Bertz CT molecular complexity index is 429. The first-order chi connectivity index (χ1) is 8.24. The van der Waals surface area contributed by atoms with Gasteiger partial charge in [0.2, 0.25) is 5.91 Å². The van der Waals surface area contributed by atoms with Crippen LogP contribution in [0.2, 0.25) is 0 Å². The van der Waals surface area contributed by atoms with Crippen molar-refractivity contribution >= 4 is 5.91 Å². The monoisotopic (exact) mass is 235 g/mol. The second-order valence-electron chi connectivity index (χ2n) is 4.72. The maximum Gasteiger partial charge on any atom is 0.239 e. The van der Waals surface area contributed by atoms with E-state index in [0.717, 1.165) is 31.7 Å². The van der Waals surface area contributed by atoms with E-state index >= 15 is 0 Å². The van der Waals surface area contributed by atoms with Crippen LogP contribution in [0.15, 0.2) is 12.4 Å². The van der Waals surface area contributed by atoms with Gasteiger partial charge in [0.05, 0.1) is 12.2 Å². The van der Waals surface area contributed by atoms with E-state index in [0.29, 0.717) is 0 Å². The molecule has 2 N–H and O–H groups in total. The van der Waals surface area contributed by atoms with E-state index in [1.54, 1.807) is 4.68 Å². The molecule has 2 aliphatic rings. The van der Waals surface area contributed by atoms with Crippen LogP contribution in [-0.4, -0.2) is 52.8 Å². The number of rotatable bonds is 1. The van der Waals surface area contributed by atoms with Crippen LogP contribution in [-0.2, 0) is 11.8 Å². The lowest BCUT2D eigenvalue weighted by atomic mass is 10.0. The highest BCUT2D eigenvalue weighted by atomic mass is 16.2. The summed E-state index contributed by atoms with van der Waals surface area (Å²) in [6.45, 7) is 3.54. The molecule has 1 aromatic rings. The highest BCUT2D eigenvalue weighted by Crippen LogP contribution is 2.20. The third kappa shape index (κ3) is 1.94. The molecule has 0 radical (unpaired) electrons. The average molecular weight is 235 g/mol. The first-order valence-corrected chi connectivity index (χ1v) is 5.98. The largest absolute Gasteiger partial charge is 0.346 e. The van der Waals surface area contributed by atoms with Crippen molar-refractivity contribution < 1.29 is 4.79 Å². The van der Waals surface area contributed by atoms with Gasteiger partial charge in [-0.25, -0.2) is 0 Å². The number of carbonyl (C=O) groups is 1. The van der Waals surface area contributed by atoms with E-state index in [1.807, 2.05) is 19.4 Å². The number of piperazine rings is 2. The summed E-state index contributed by atoms with van der Waals surface area (Å²) in [7, 11) is 1.89. The predicted molar refractivity (Wildman–Crippen MR) is 62.3 cm³/mol. The molecule has 2 atom stereocenters. The molecule has 1 aromatic heterocycles. The molecule has 0 aromatic carbocycles. The highest BCUT2D eigenvalue weighted by Gasteiger charge is 2.36. The maximum absolute atomic E-state index is 12.0. The molecule has 0 aliphatic carbocycles. The number of aromatic nitrogens is 2. The van der Waals surface area contributed by atoms with Crippen LogP contribution in [0.25, 0.3) is 0 Å². The molecule has 0 saturated carbocycles. The summed E-state index contributed by atoms with van der Waals surface area (Å²) in [5.41, 5.74) is 1.08. The van der Waals surface area contributed by atoms with Gasteiger partial charge >= 0.3 is 0 Å². The molecule has 3 rings (SSSR count). The molecule has 2 aliphatic heterocycles. The fourth-order valence-electron chi connectivity index (χ4n) is 2.58. The normalized spacial score (nSPS) is 29.8. The minimum absolute atomic E-state index is 0.00308. The van der Waals surface area contributed by atoms with Crippen molar-refractivity contribution in [3.63, 3.8) is 0 Å². The van der Waals surface area contributed by atoms with Gasteiger partial charge in [-0.1, -0.05) is 0 Å². The second-order valence-corrected chi connectivity index (χ2v) is 4.72. The number of nitrogens with one attached hydrogen (secondary N) is 2. The molecule has 0 bridgehead atoms. The Hall–Kier alpha value is -1.40. The Morgan fingerprint density at radius 1 is 1.53 bits per heavy atom. The van der Waals surface area contributed by atoms with Gasteiger partial charge in [-0.3, -0.25) is 14.4 Å². The molecule has 6 heteroatoms. The first-order valence-electron chi connectivity index (χ1n) is 5.98. The third-order valence-corrected chi connectivity index (χ3v) is 3.52. The number of carbonyl (C=O) groups excluding carboxylic acids is 1. The van der Waals surface area contributed by atoms with E-state index in [9.17, 15) is 4.79 Å². The number of hydrogen-bond acceptors (Lipinski definition) is 4. The van der Waals surface area contributed by atoms with Crippen LogP contribution in [0.1, 0.15) is 11.6 Å². The van der Waals surface area contributed by atoms with Crippen molar-refractivity contribution in [1.82, 2.24) is 25.3 Å². The molecule has 0 spiro atoms. The van der Waals surface area contributed by atoms with Gasteiger partial charge in [0.15, 0.2) is 0 Å². The number of amides is 1. The molecule has 2 saturated heterocycles. The smallest absolute Gasteiger partial charge is 0.239 e. The summed E-state index contributed by atoms with van der Waals surface area (Å²) in [4.78, 5) is 14.3. The van der Waals surface area contributed by atoms with Crippen molar-refractivity contribution in [2.75, 3.05) is 26.2 Å². The Kier molecular flexibility index (Phi) is 2.60. The summed E-state index contributed by atoms with van der Waals surface area (Å²) in [6, 6.07) is 0.0715. The summed E-state index contributed by atoms with van der Waals surface area (Å²) >= 11 is 0. The van der Waals surface area contributed by atoms with Crippen LogP contribution >= 0.6 is 0 Å². The van der Waals surface area contributed by atoms with Gasteiger partial charge in [0.25, 0.3) is 0 Å². The van der Waals surface area contributed by atoms with Gasteiger partial charge in [-0.05, 0) is 0 Å². The van der Waals surface area contributed by atoms with Gasteiger partial charge in [-0.15, -0.1) is 0 Å². The SMILES string of the molecule is Cn1cc(C2CN3CCNCC3C(=O)N2)cn1. The molecular weight excluding hydrogens is 218 g/mol. The summed E-state index contributed by atoms with van der Waals surface area (Å²) < 4.78 is 1.77. The zero-order chi connectivity index (χ0) is 11.8. The fourth-order valence-corrected chi connectivity index (χ4v) is 2.58. The minimum atomic E-state index is -0.00308. The van der Waals surface area contributed by atoms with Crippen molar-refractivity contribution in [2.24, 2.45) is 7.05 Å². The number of fused-ring (bicyclic) bond motifs is 1. The fraction of sp³-hybridized carbons (Fsp3) is 0.636. The number of nitrogens with zero attached hydrogens (tertiary/aromatic N) is 3. The van der Waals surface area contributed by atoms with Crippen LogP contribution in [0, 0.1) is 0 Å². The molecule has 3 heterocycles. The minimum Gasteiger partial charge on any atom is -0.346 e. The van der Waals surface area contributed by atoms with Gasteiger partial charge < -0.3 is 10.6 Å². The van der Waals surface area contributed by atoms with Gasteiger partial charge in [-0.2, -0.15) is 5.10 Å². The maximum atomic E-state index is 12.0. The van der Waals surface area contributed by atoms with E-state index in [1.165, 1.54) is 0 Å². The molecule has 2 unspecified atom stereocenters. The van der Waals surface area contributed by atoms with Gasteiger partial charge in [0, 0.05) is 45.0 Å². The molecular formula is C11H17N5O. The zero-order valence-electron chi connectivity index (χ0n) is 9.89. The average Bonchev–Trinajstić information content (AvgIpc) is 2.76. The predicted octanol–water partition coefficient (Wildman–Crippen LogP) is -1.14. The van der Waals surface area contributed by atoms with Crippen molar-refractivity contribution in [3.05, 3.63) is 18.0 Å². The third-order valence-electron chi connectivity index (χ3n) is 3.52. The number of hydrogen-bond donors (Lipinski definition) is 2. The van der Waals surface area contributed by atoms with Crippen LogP contribution < -0.4 is 10.6 Å². The molecule has 2 fully saturated rings. The second kappa shape index (κ2) is 4.12. The summed E-state index contributed by atoms with van der Waals surface area (Å²) in [5, 5.41) is 10.5. The quantitative estimate of drug-likeness (QED) is 0.646. The van der Waals surface area contributed by atoms with E-state index in [4.69, 9.17) is 0 Å². The molecule has 17 heavy (non-hydrogen) atoms. The van der Waals surface area contributed by atoms with Crippen LogP contribution in [0.4, 0.5) is 0 Å². The topological polar surface area (TPSA) is 62.2 Å². The lowest BCUT2D eigenvalue weighted by molar-refractivity contribution is -0.131. The molecule has 6 nitrogen and oxygen atoms in total. The van der Waals surface area contributed by atoms with Gasteiger partial charge in [0.1, 0.15) is 6.04 Å². The van der Waals surface area contributed by atoms with Crippen LogP contribution in [0.5, 0.6) is 0 Å². The van der Waals surface area contributed by atoms with Crippen molar-refractivity contribution in [2.45, 2.75) is 12.1 Å². The summed E-state index contributed by atoms with van der Waals surface area (Å²) in [6.07, 6.45) is 3.79. The lowest BCUT2D eigenvalue weighted by Gasteiger charge is -2.42. The number of aryl methyl sites for hydroxylation is 1. The first kappa shape index (κ1) is 10.7. The highest BCUT2D eigenvalue weighted by molar-refractivity contribution is 5.83. The molecule has 92 valence electrons. The standard InChI is InChI=1S/C11H17N5O/c1-15-6-8(4-13-15)9-7-16-3-2-12-5-10(16)11(17)14-9/h4,6,9-10,12H,2-3,5,7H2,1H3,(H,14,17). The zero-order valence-corrected chi connectivity index (χ0v) is 9.89. The summed E-state index contributed by atoms with van der Waals surface area (Å²) in [5.74, 6) is 0.123.